The first-order valence-corrected chi connectivity index (χ1v) is 6.71. The lowest BCUT2D eigenvalue weighted by Crippen LogP contribution is -2.10. The van der Waals surface area contributed by atoms with Gasteiger partial charge in [0.15, 0.2) is 0 Å². The first-order valence-electron chi connectivity index (χ1n) is 5.93. The van der Waals surface area contributed by atoms with E-state index in [0.29, 0.717) is 27.4 Å². The molecule has 0 aliphatic rings. The molecule has 0 bridgehead atoms. The van der Waals surface area contributed by atoms with Gasteiger partial charge in [-0.15, -0.1) is 0 Å². The largest absolute Gasteiger partial charge is 0.497 e. The highest BCUT2D eigenvalue weighted by Crippen LogP contribution is 2.26. The van der Waals surface area contributed by atoms with Crippen LogP contribution in [0.15, 0.2) is 41.3 Å². The number of hydrogen-bond donors (Lipinski definition) is 0. The summed E-state index contributed by atoms with van der Waals surface area (Å²) in [4.78, 5) is 17.3. The van der Waals surface area contributed by atoms with E-state index < -0.39 is 0 Å². The highest BCUT2D eigenvalue weighted by Gasteiger charge is 2.11. The van der Waals surface area contributed by atoms with Gasteiger partial charge in [-0.25, -0.2) is 8.94 Å². The van der Waals surface area contributed by atoms with Crippen molar-refractivity contribution in [2.75, 3.05) is 14.2 Å². The van der Waals surface area contributed by atoms with Gasteiger partial charge in [-0.1, -0.05) is 0 Å². The van der Waals surface area contributed by atoms with Crippen LogP contribution < -0.4 is 15.0 Å². The summed E-state index contributed by atoms with van der Waals surface area (Å²) >= 11 is 1.30. The van der Waals surface area contributed by atoms with Gasteiger partial charge >= 0.3 is 0 Å². The highest BCUT2D eigenvalue weighted by molar-refractivity contribution is 7.13. The van der Waals surface area contributed by atoms with Crippen LogP contribution in [0.2, 0.25) is 0 Å². The van der Waals surface area contributed by atoms with Crippen LogP contribution >= 0.6 is 11.5 Å². The second-order valence-corrected chi connectivity index (χ2v) is 5.05. The summed E-state index contributed by atoms with van der Waals surface area (Å²) < 4.78 is 12.0. The Balaban J connectivity index is 2.25. The fourth-order valence-electron chi connectivity index (χ4n) is 1.94. The predicted molar refractivity (Wildman–Crippen MR) is 78.3 cm³/mol. The van der Waals surface area contributed by atoms with E-state index in [2.05, 4.69) is 4.98 Å². The molecule has 2 aromatic heterocycles. The number of benzene rings is 1. The third-order valence-electron chi connectivity index (χ3n) is 2.93. The predicted octanol–water partition coefficient (Wildman–Crippen LogP) is 2.46. The Morgan fingerprint density at radius 1 is 1.15 bits per heavy atom. The van der Waals surface area contributed by atoms with Gasteiger partial charge in [0.25, 0.3) is 5.56 Å². The molecule has 6 heteroatoms. The Morgan fingerprint density at radius 2 is 1.85 bits per heavy atom. The van der Waals surface area contributed by atoms with Crippen molar-refractivity contribution in [3.05, 3.63) is 46.9 Å². The van der Waals surface area contributed by atoms with Gasteiger partial charge in [-0.3, -0.25) is 4.79 Å². The second-order valence-electron chi connectivity index (χ2n) is 4.12. The molecular weight excluding hydrogens is 276 g/mol. The van der Waals surface area contributed by atoms with Crippen molar-refractivity contribution in [3.8, 4) is 17.2 Å². The Kier molecular flexibility index (Phi) is 3.15. The number of rotatable bonds is 3. The molecule has 102 valence electrons. The van der Waals surface area contributed by atoms with E-state index in [1.54, 1.807) is 54.7 Å². The molecule has 5 nitrogen and oxygen atoms in total. The van der Waals surface area contributed by atoms with Gasteiger partial charge < -0.3 is 9.47 Å². The molecule has 3 rings (SSSR count). The van der Waals surface area contributed by atoms with E-state index in [1.807, 2.05) is 0 Å². The third kappa shape index (κ3) is 2.04. The summed E-state index contributed by atoms with van der Waals surface area (Å²) in [6.45, 7) is 0. The molecule has 2 heterocycles. The van der Waals surface area contributed by atoms with E-state index >= 15 is 0 Å². The molecule has 0 radical (unpaired) electrons. The number of hydrogen-bond acceptors (Lipinski definition) is 5. The van der Waals surface area contributed by atoms with Gasteiger partial charge in [-0.2, -0.15) is 0 Å². The van der Waals surface area contributed by atoms with Crippen molar-refractivity contribution in [2.24, 2.45) is 0 Å². The minimum absolute atomic E-state index is 0.0894. The standard InChI is InChI=1S/C14H12N2O3S/c1-18-10-6-9(7-11(8-10)19-2)16-14(17)12-4-3-5-15-13(12)20-16/h3-8H,1-2H3. The Labute approximate surface area is 119 Å². The lowest BCUT2D eigenvalue weighted by Gasteiger charge is -2.07. The summed E-state index contributed by atoms with van der Waals surface area (Å²) in [6.07, 6.45) is 1.68. The van der Waals surface area contributed by atoms with Crippen LogP contribution in [0.4, 0.5) is 0 Å². The molecule has 0 unspecified atom stereocenters. The lowest BCUT2D eigenvalue weighted by atomic mass is 10.3. The van der Waals surface area contributed by atoms with E-state index in [-0.39, 0.29) is 5.56 Å². The van der Waals surface area contributed by atoms with Gasteiger partial charge in [0.1, 0.15) is 16.3 Å². The van der Waals surface area contributed by atoms with Crippen molar-refractivity contribution < 1.29 is 9.47 Å². The highest BCUT2D eigenvalue weighted by atomic mass is 32.1. The number of pyridine rings is 1. The second kappa shape index (κ2) is 4.97. The van der Waals surface area contributed by atoms with Crippen LogP contribution in [0.25, 0.3) is 15.9 Å². The van der Waals surface area contributed by atoms with Crippen molar-refractivity contribution in [1.29, 1.82) is 0 Å². The number of aromatic nitrogens is 2. The quantitative estimate of drug-likeness (QED) is 0.743. The molecule has 1 aromatic carbocycles. The van der Waals surface area contributed by atoms with Crippen molar-refractivity contribution >= 4 is 21.7 Å². The Bertz CT molecular complexity index is 800. The van der Waals surface area contributed by atoms with E-state index in [9.17, 15) is 4.79 Å². The van der Waals surface area contributed by atoms with Gasteiger partial charge in [0.05, 0.1) is 25.3 Å². The summed E-state index contributed by atoms with van der Waals surface area (Å²) in [5.74, 6) is 1.27. The number of fused-ring (bicyclic) bond motifs is 1. The van der Waals surface area contributed by atoms with Crippen LogP contribution in [0.1, 0.15) is 0 Å². The number of nitrogens with zero attached hydrogens (tertiary/aromatic N) is 2. The van der Waals surface area contributed by atoms with E-state index in [0.717, 1.165) is 0 Å². The molecule has 3 aromatic rings. The molecule has 0 aliphatic heterocycles. The number of ether oxygens (including phenoxy) is 2. The molecule has 0 N–H and O–H groups in total. The Hall–Kier alpha value is -2.34. The van der Waals surface area contributed by atoms with Gasteiger partial charge in [0.2, 0.25) is 0 Å². The molecule has 0 fully saturated rings. The maximum Gasteiger partial charge on any atom is 0.274 e. The van der Waals surface area contributed by atoms with Crippen LogP contribution in [0.5, 0.6) is 11.5 Å². The fraction of sp³-hybridized carbons (Fsp3) is 0.143. The molecule has 0 aliphatic carbocycles. The summed E-state index contributed by atoms with van der Waals surface area (Å²) in [5, 5.41) is 0.610. The molecule has 20 heavy (non-hydrogen) atoms. The Morgan fingerprint density at radius 3 is 2.45 bits per heavy atom. The minimum Gasteiger partial charge on any atom is -0.497 e. The lowest BCUT2D eigenvalue weighted by molar-refractivity contribution is 0.394. The summed E-state index contributed by atoms with van der Waals surface area (Å²) in [5.41, 5.74) is 0.614. The minimum atomic E-state index is -0.0894. The van der Waals surface area contributed by atoms with Crippen LogP contribution in [0, 0.1) is 0 Å². The first kappa shape index (κ1) is 12.7. The average molecular weight is 288 g/mol. The SMILES string of the molecule is COc1cc(OC)cc(-n2sc3ncccc3c2=O)c1. The monoisotopic (exact) mass is 288 g/mol. The normalized spacial score (nSPS) is 10.7. The van der Waals surface area contributed by atoms with Crippen molar-refractivity contribution in [2.45, 2.75) is 0 Å². The van der Waals surface area contributed by atoms with Crippen molar-refractivity contribution in [1.82, 2.24) is 8.94 Å². The number of methoxy groups -OCH3 is 2. The third-order valence-corrected chi connectivity index (χ3v) is 3.99. The molecular formula is C14H12N2O3S. The zero-order valence-corrected chi connectivity index (χ0v) is 11.8. The van der Waals surface area contributed by atoms with Gasteiger partial charge in [0, 0.05) is 24.4 Å². The summed E-state index contributed by atoms with van der Waals surface area (Å²) in [7, 11) is 3.15. The van der Waals surface area contributed by atoms with Crippen LogP contribution in [-0.4, -0.2) is 23.2 Å². The van der Waals surface area contributed by atoms with Gasteiger partial charge in [-0.05, 0) is 23.7 Å². The maximum absolute atomic E-state index is 12.4. The van der Waals surface area contributed by atoms with E-state index in [1.165, 1.54) is 11.5 Å². The molecule has 0 atom stereocenters. The summed E-state index contributed by atoms with van der Waals surface area (Å²) in [6, 6.07) is 8.88. The molecule has 0 amide bonds. The topological polar surface area (TPSA) is 53.4 Å². The molecule has 0 saturated heterocycles. The fourth-order valence-corrected chi connectivity index (χ4v) is 2.87. The van der Waals surface area contributed by atoms with Crippen LogP contribution in [-0.2, 0) is 0 Å². The molecule has 0 saturated carbocycles. The molecule has 0 spiro atoms. The smallest absolute Gasteiger partial charge is 0.274 e. The van der Waals surface area contributed by atoms with E-state index in [4.69, 9.17) is 9.47 Å². The van der Waals surface area contributed by atoms with Crippen molar-refractivity contribution in [3.63, 3.8) is 0 Å². The zero-order valence-electron chi connectivity index (χ0n) is 11.0. The maximum atomic E-state index is 12.4. The zero-order chi connectivity index (χ0) is 14.1. The first-order chi connectivity index (χ1) is 9.72. The van der Waals surface area contributed by atoms with Crippen LogP contribution in [0.3, 0.4) is 0 Å². The average Bonchev–Trinajstić information content (AvgIpc) is 2.84.